The highest BCUT2D eigenvalue weighted by Crippen LogP contribution is 2.35. The number of hydrogen-bond donors (Lipinski definition) is 2. The molecule has 5 rings (SSSR count). The summed E-state index contributed by atoms with van der Waals surface area (Å²) in [6.45, 7) is 0.606. The fraction of sp³-hybridized carbons (Fsp3) is 0.136. The van der Waals surface area contributed by atoms with Crippen molar-refractivity contribution in [3.63, 3.8) is 0 Å². The number of allylic oxidation sites excluding steroid dienone is 1. The molecule has 0 spiro atoms. The van der Waals surface area contributed by atoms with Gasteiger partial charge in [0.25, 0.3) is 0 Å². The van der Waals surface area contributed by atoms with Crippen molar-refractivity contribution in [3.05, 3.63) is 62.6 Å². The van der Waals surface area contributed by atoms with Gasteiger partial charge in [-0.25, -0.2) is 0 Å². The number of nitrogens with zero attached hydrogens (tertiary/aromatic N) is 2. The summed E-state index contributed by atoms with van der Waals surface area (Å²) in [7, 11) is 0. The molecule has 2 aliphatic rings. The number of benzene rings is 2. The van der Waals surface area contributed by atoms with Crippen LogP contribution in [-0.4, -0.2) is 35.0 Å². The van der Waals surface area contributed by atoms with Crippen LogP contribution in [0.3, 0.4) is 0 Å². The van der Waals surface area contributed by atoms with Crippen molar-refractivity contribution in [1.82, 2.24) is 4.57 Å². The summed E-state index contributed by atoms with van der Waals surface area (Å²) in [5, 5.41) is 13.3. The lowest BCUT2D eigenvalue weighted by molar-refractivity contribution is -0.116. The van der Waals surface area contributed by atoms with E-state index in [9.17, 15) is 14.7 Å². The first-order valence-corrected chi connectivity index (χ1v) is 10.4. The number of aromatic nitrogens is 1. The normalized spacial score (nSPS) is 15.2. The number of aliphatic imine (C=N–C) groups is 1. The van der Waals surface area contributed by atoms with Gasteiger partial charge in [-0.2, -0.15) is 0 Å². The Balaban J connectivity index is 1.34. The van der Waals surface area contributed by atoms with Gasteiger partial charge in [0.05, 0.1) is 10.6 Å². The molecule has 0 saturated carbocycles. The number of ether oxygens (including phenoxy) is 2. The number of nitrogens with one attached hydrogen (secondary N) is 1. The van der Waals surface area contributed by atoms with Crippen LogP contribution in [0.2, 0.25) is 0 Å². The van der Waals surface area contributed by atoms with Gasteiger partial charge in [0, 0.05) is 29.1 Å². The zero-order chi connectivity index (χ0) is 21.4. The Morgan fingerprint density at radius 1 is 1.19 bits per heavy atom. The molecule has 0 aliphatic carbocycles. The number of anilines is 1. The van der Waals surface area contributed by atoms with E-state index in [-0.39, 0.29) is 12.4 Å². The molecule has 0 saturated heterocycles. The molecule has 0 fully saturated rings. The number of fused-ring (bicyclic) bond motifs is 2. The predicted molar refractivity (Wildman–Crippen MR) is 119 cm³/mol. The van der Waals surface area contributed by atoms with Gasteiger partial charge in [-0.15, -0.1) is 0 Å². The van der Waals surface area contributed by atoms with Gasteiger partial charge in [-0.3, -0.25) is 19.1 Å². The van der Waals surface area contributed by atoms with Crippen LogP contribution in [0, 0.1) is 0 Å². The highest BCUT2D eigenvalue weighted by molar-refractivity contribution is 7.10. The zero-order valence-electron chi connectivity index (χ0n) is 16.2. The topological polar surface area (TPSA) is 102 Å². The molecule has 31 heavy (non-hydrogen) atoms. The molecule has 156 valence electrons. The number of amides is 1. The van der Waals surface area contributed by atoms with E-state index in [2.05, 4.69) is 10.3 Å². The van der Waals surface area contributed by atoms with Crippen molar-refractivity contribution >= 4 is 46.5 Å². The minimum Gasteiger partial charge on any atom is -0.493 e. The van der Waals surface area contributed by atoms with Crippen LogP contribution < -0.4 is 19.7 Å². The molecular formula is C22H17N3O5S. The first-order chi connectivity index (χ1) is 15.1. The standard InChI is InChI=1S/C22H17N3O5S/c26-20(24-14-5-6-17-18(10-14)30-8-7-29-17)12-25-21(27)19(31-22(25)28)9-13-11-23-16-4-2-1-3-15(13)16/h1-6,9-11,27H,7-8,12H2,(H,24,26). The third-order valence-electron chi connectivity index (χ3n) is 4.87. The Hall–Kier alpha value is -3.85. The highest BCUT2D eigenvalue weighted by Gasteiger charge is 2.19. The Bertz CT molecular complexity index is 1300. The van der Waals surface area contributed by atoms with Gasteiger partial charge in [0.2, 0.25) is 11.8 Å². The maximum absolute atomic E-state index is 12.5. The van der Waals surface area contributed by atoms with Crippen molar-refractivity contribution in [2.45, 2.75) is 6.54 Å². The Morgan fingerprint density at radius 3 is 2.87 bits per heavy atom. The lowest BCUT2D eigenvalue weighted by Crippen LogP contribution is -2.24. The number of para-hydroxylation sites is 1. The van der Waals surface area contributed by atoms with E-state index in [1.807, 2.05) is 24.3 Å². The van der Waals surface area contributed by atoms with Crippen molar-refractivity contribution in [2.24, 2.45) is 4.99 Å². The van der Waals surface area contributed by atoms with E-state index in [1.165, 1.54) is 0 Å². The molecule has 9 heteroatoms. The van der Waals surface area contributed by atoms with Gasteiger partial charge < -0.3 is 19.9 Å². The van der Waals surface area contributed by atoms with Gasteiger partial charge in [-0.1, -0.05) is 29.5 Å². The molecule has 1 aromatic heterocycles. The maximum atomic E-state index is 12.5. The van der Waals surface area contributed by atoms with E-state index in [0.717, 1.165) is 32.7 Å². The highest BCUT2D eigenvalue weighted by atomic mass is 32.1. The molecule has 8 nitrogen and oxygen atoms in total. The van der Waals surface area contributed by atoms with E-state index in [1.54, 1.807) is 30.5 Å². The molecule has 3 aromatic rings. The second kappa shape index (κ2) is 7.77. The van der Waals surface area contributed by atoms with Gasteiger partial charge >= 0.3 is 4.87 Å². The lowest BCUT2D eigenvalue weighted by Gasteiger charge is -2.19. The van der Waals surface area contributed by atoms with Crippen LogP contribution in [0.15, 0.2) is 52.3 Å². The number of aromatic hydroxyl groups is 1. The zero-order valence-corrected chi connectivity index (χ0v) is 17.0. The third-order valence-corrected chi connectivity index (χ3v) is 5.78. The molecule has 0 bridgehead atoms. The molecule has 0 unspecified atom stereocenters. The van der Waals surface area contributed by atoms with E-state index in [0.29, 0.717) is 35.3 Å². The summed E-state index contributed by atoms with van der Waals surface area (Å²) in [4.78, 5) is 29.2. The monoisotopic (exact) mass is 435 g/mol. The Morgan fingerprint density at radius 2 is 2.00 bits per heavy atom. The molecule has 2 N–H and O–H groups in total. The van der Waals surface area contributed by atoms with Crippen LogP contribution in [-0.2, 0) is 11.3 Å². The fourth-order valence-corrected chi connectivity index (χ4v) is 4.24. The predicted octanol–water partition coefficient (Wildman–Crippen LogP) is 3.28. The summed E-state index contributed by atoms with van der Waals surface area (Å²) in [5.74, 6) is 0.467. The molecule has 2 aromatic carbocycles. The molecule has 3 heterocycles. The fourth-order valence-electron chi connectivity index (χ4n) is 3.41. The first kappa shape index (κ1) is 19.1. The van der Waals surface area contributed by atoms with Crippen molar-refractivity contribution in [2.75, 3.05) is 18.5 Å². The average Bonchev–Trinajstić information content (AvgIpc) is 3.30. The Kier molecular flexibility index (Phi) is 4.79. The van der Waals surface area contributed by atoms with Gasteiger partial charge in [-0.05, 0) is 24.3 Å². The van der Waals surface area contributed by atoms with Crippen LogP contribution in [0.1, 0.15) is 10.4 Å². The Labute approximate surface area is 180 Å². The largest absolute Gasteiger partial charge is 0.493 e. The van der Waals surface area contributed by atoms with Crippen LogP contribution in [0.5, 0.6) is 17.4 Å². The van der Waals surface area contributed by atoms with Gasteiger partial charge in [0.1, 0.15) is 19.8 Å². The van der Waals surface area contributed by atoms with Crippen LogP contribution in [0.25, 0.3) is 11.6 Å². The minimum atomic E-state index is -0.446. The quantitative estimate of drug-likeness (QED) is 0.655. The van der Waals surface area contributed by atoms with Crippen molar-refractivity contribution in [1.29, 1.82) is 0 Å². The summed E-state index contributed by atoms with van der Waals surface area (Å²) in [6, 6.07) is 12.7. The maximum Gasteiger partial charge on any atom is 0.311 e. The van der Waals surface area contributed by atoms with E-state index >= 15 is 0 Å². The van der Waals surface area contributed by atoms with Crippen LogP contribution >= 0.6 is 11.3 Å². The molecule has 0 radical (unpaired) electrons. The van der Waals surface area contributed by atoms with E-state index < -0.39 is 10.8 Å². The molecule has 0 atom stereocenters. The number of carbonyl (C=O) groups is 1. The number of thiazole rings is 1. The average molecular weight is 435 g/mol. The SMILES string of the molecule is O=C(Cn1c(O)c(C=C2C=Nc3ccccc32)sc1=O)Nc1ccc2c(c1)OCCO2. The smallest absolute Gasteiger partial charge is 0.311 e. The molecule has 1 amide bonds. The molecule has 2 aliphatic heterocycles. The van der Waals surface area contributed by atoms with Gasteiger partial charge in [0.15, 0.2) is 11.5 Å². The van der Waals surface area contributed by atoms with Crippen molar-refractivity contribution in [3.8, 4) is 17.4 Å². The summed E-state index contributed by atoms with van der Waals surface area (Å²) in [6.07, 6.45) is 3.39. The van der Waals surface area contributed by atoms with Crippen molar-refractivity contribution < 1.29 is 19.4 Å². The lowest BCUT2D eigenvalue weighted by atomic mass is 10.1. The number of carbonyl (C=O) groups excluding carboxylic acids is 1. The van der Waals surface area contributed by atoms with Crippen LogP contribution in [0.4, 0.5) is 11.4 Å². The summed E-state index contributed by atoms with van der Waals surface area (Å²) in [5.41, 5.74) is 3.06. The minimum absolute atomic E-state index is 0.252. The first-order valence-electron chi connectivity index (χ1n) is 9.56. The second-order valence-corrected chi connectivity index (χ2v) is 7.92. The third kappa shape index (κ3) is 3.71. The molecular weight excluding hydrogens is 418 g/mol. The number of rotatable bonds is 4. The number of hydrogen-bond acceptors (Lipinski definition) is 7. The van der Waals surface area contributed by atoms with E-state index in [4.69, 9.17) is 9.47 Å². The second-order valence-electron chi connectivity index (χ2n) is 6.92. The summed E-state index contributed by atoms with van der Waals surface area (Å²) >= 11 is 0.872. The summed E-state index contributed by atoms with van der Waals surface area (Å²) < 4.78 is 12.0.